The molecule has 0 radical (unpaired) electrons. The van der Waals surface area contributed by atoms with E-state index in [1.165, 1.54) is 14.2 Å². The maximum Gasteiger partial charge on any atom is 0.343 e. The van der Waals surface area contributed by atoms with Crippen molar-refractivity contribution in [2.24, 2.45) is 7.05 Å². The summed E-state index contributed by atoms with van der Waals surface area (Å²) in [7, 11) is 2.98. The number of rotatable bonds is 3. The number of nitrogens with zero attached hydrogens (tertiary/aromatic N) is 2. The van der Waals surface area contributed by atoms with Crippen molar-refractivity contribution in [3.63, 3.8) is 0 Å². The molecule has 7 nitrogen and oxygen atoms in total. The Bertz CT molecular complexity index is 672. The molecule has 1 aromatic heterocycles. The molecule has 0 unspecified atom stereocenters. The number of aromatic amines is 1. The first-order chi connectivity index (χ1) is 9.01. The summed E-state index contributed by atoms with van der Waals surface area (Å²) in [6.45, 7) is 1.90. The van der Waals surface area contributed by atoms with E-state index in [2.05, 4.69) is 15.4 Å². The monoisotopic (exact) mass is 262 g/mol. The quantitative estimate of drug-likeness (QED) is 0.851. The van der Waals surface area contributed by atoms with Crippen molar-refractivity contribution in [1.29, 1.82) is 0 Å². The van der Waals surface area contributed by atoms with Crippen LogP contribution in [0.5, 0.6) is 5.75 Å². The Balaban J connectivity index is 2.28. The van der Waals surface area contributed by atoms with Crippen LogP contribution in [0.3, 0.4) is 0 Å². The Labute approximate surface area is 109 Å². The van der Waals surface area contributed by atoms with E-state index in [0.29, 0.717) is 11.4 Å². The van der Waals surface area contributed by atoms with Gasteiger partial charge in [-0.1, -0.05) is 6.07 Å². The Morgan fingerprint density at radius 2 is 2.21 bits per heavy atom. The lowest BCUT2D eigenvalue weighted by molar-refractivity contribution is 0.101. The summed E-state index contributed by atoms with van der Waals surface area (Å²) in [5, 5.41) is 6.43. The van der Waals surface area contributed by atoms with Gasteiger partial charge in [-0.15, -0.1) is 5.10 Å². The normalized spacial score (nSPS) is 10.3. The lowest BCUT2D eigenvalue weighted by Gasteiger charge is -2.09. The molecule has 0 fully saturated rings. The van der Waals surface area contributed by atoms with Crippen LogP contribution in [0, 0.1) is 6.92 Å². The van der Waals surface area contributed by atoms with Crippen molar-refractivity contribution in [2.45, 2.75) is 6.92 Å². The van der Waals surface area contributed by atoms with E-state index in [1.807, 2.05) is 13.0 Å². The average molecular weight is 262 g/mol. The third kappa shape index (κ3) is 2.65. The molecule has 0 saturated carbocycles. The predicted octanol–water partition coefficient (Wildman–Crippen LogP) is 0.678. The van der Waals surface area contributed by atoms with Crippen molar-refractivity contribution in [2.75, 3.05) is 12.4 Å². The van der Waals surface area contributed by atoms with E-state index in [1.54, 1.807) is 12.1 Å². The minimum atomic E-state index is -0.499. The smallest absolute Gasteiger partial charge is 0.343 e. The second-order valence-corrected chi connectivity index (χ2v) is 4.06. The van der Waals surface area contributed by atoms with Crippen molar-refractivity contribution in [3.05, 3.63) is 40.1 Å². The molecule has 1 amide bonds. The van der Waals surface area contributed by atoms with E-state index < -0.39 is 11.6 Å². The number of ether oxygens (including phenoxy) is 1. The van der Waals surface area contributed by atoms with E-state index in [4.69, 9.17) is 4.74 Å². The number of methoxy groups -OCH3 is 1. The fourth-order valence-corrected chi connectivity index (χ4v) is 1.61. The molecule has 0 aliphatic rings. The second kappa shape index (κ2) is 4.97. The first kappa shape index (κ1) is 12.9. The first-order valence-electron chi connectivity index (χ1n) is 5.60. The summed E-state index contributed by atoms with van der Waals surface area (Å²) in [4.78, 5) is 25.5. The van der Waals surface area contributed by atoms with Gasteiger partial charge in [0.15, 0.2) is 0 Å². The molecule has 0 atom stereocenters. The number of aryl methyl sites for hydroxylation is 2. The van der Waals surface area contributed by atoms with Gasteiger partial charge in [-0.25, -0.2) is 9.48 Å². The third-order valence-corrected chi connectivity index (χ3v) is 2.59. The van der Waals surface area contributed by atoms with Gasteiger partial charge in [0.05, 0.1) is 12.8 Å². The number of hydrogen-bond donors (Lipinski definition) is 2. The minimum absolute atomic E-state index is 0.0453. The predicted molar refractivity (Wildman–Crippen MR) is 69.5 cm³/mol. The number of aromatic nitrogens is 3. The highest BCUT2D eigenvalue weighted by atomic mass is 16.5. The Hall–Kier alpha value is -2.57. The number of carbonyl (C=O) groups is 1. The summed E-state index contributed by atoms with van der Waals surface area (Å²) in [5.74, 6) is -0.00473. The molecule has 0 spiro atoms. The second-order valence-electron chi connectivity index (χ2n) is 4.06. The van der Waals surface area contributed by atoms with Gasteiger partial charge < -0.3 is 10.1 Å². The van der Waals surface area contributed by atoms with Crippen LogP contribution in [0.2, 0.25) is 0 Å². The van der Waals surface area contributed by atoms with Gasteiger partial charge >= 0.3 is 5.69 Å². The SMILES string of the molecule is COc1ccc(C)cc1NC(=O)c1nn(C)c(=O)[nH]1. The highest BCUT2D eigenvalue weighted by molar-refractivity contribution is 6.02. The maximum atomic E-state index is 11.9. The standard InChI is InChI=1S/C12H14N4O3/c1-7-4-5-9(19-3)8(6-7)13-11(17)10-14-12(18)16(2)15-10/h4-6H,1-3H3,(H,13,17)(H,14,15,18). The molecule has 2 aromatic rings. The number of nitrogens with one attached hydrogen (secondary N) is 2. The summed E-state index contributed by atoms with van der Waals surface area (Å²) in [6.07, 6.45) is 0. The minimum Gasteiger partial charge on any atom is -0.495 e. The van der Waals surface area contributed by atoms with Crippen LogP contribution in [-0.4, -0.2) is 27.8 Å². The van der Waals surface area contributed by atoms with Crippen molar-refractivity contribution >= 4 is 11.6 Å². The fraction of sp³-hybridized carbons (Fsp3) is 0.250. The Kier molecular flexibility index (Phi) is 3.37. The summed E-state index contributed by atoms with van der Waals surface area (Å²) in [5.41, 5.74) is 1.06. The Morgan fingerprint density at radius 1 is 1.47 bits per heavy atom. The van der Waals surface area contributed by atoms with Crippen LogP contribution in [0.4, 0.5) is 5.69 Å². The number of carbonyl (C=O) groups excluding carboxylic acids is 1. The lowest BCUT2D eigenvalue weighted by Crippen LogP contribution is -2.15. The van der Waals surface area contributed by atoms with Crippen molar-refractivity contribution < 1.29 is 9.53 Å². The number of hydrogen-bond acceptors (Lipinski definition) is 4. The molecule has 2 N–H and O–H groups in total. The molecule has 1 heterocycles. The van der Waals surface area contributed by atoms with Gasteiger partial charge in [0, 0.05) is 7.05 Å². The molecule has 7 heteroatoms. The average Bonchev–Trinajstić information content (AvgIpc) is 2.70. The maximum absolute atomic E-state index is 11.9. The highest BCUT2D eigenvalue weighted by Crippen LogP contribution is 2.25. The zero-order valence-corrected chi connectivity index (χ0v) is 10.9. The number of H-pyrrole nitrogens is 1. The first-order valence-corrected chi connectivity index (χ1v) is 5.60. The summed E-state index contributed by atoms with van der Waals surface area (Å²) < 4.78 is 6.21. The van der Waals surface area contributed by atoms with Crippen molar-refractivity contribution in [1.82, 2.24) is 14.8 Å². The van der Waals surface area contributed by atoms with Crippen LogP contribution >= 0.6 is 0 Å². The molecule has 0 aliphatic heterocycles. The molecular formula is C12H14N4O3. The molecule has 0 saturated heterocycles. The number of benzene rings is 1. The van der Waals surface area contributed by atoms with Crippen molar-refractivity contribution in [3.8, 4) is 5.75 Å². The molecule has 19 heavy (non-hydrogen) atoms. The fourth-order valence-electron chi connectivity index (χ4n) is 1.61. The van der Waals surface area contributed by atoms with Crippen LogP contribution in [-0.2, 0) is 7.05 Å². The highest BCUT2D eigenvalue weighted by Gasteiger charge is 2.14. The van der Waals surface area contributed by atoms with Gasteiger partial charge in [0.1, 0.15) is 5.75 Å². The molecular weight excluding hydrogens is 248 g/mol. The van der Waals surface area contributed by atoms with Gasteiger partial charge in [0.25, 0.3) is 5.91 Å². The molecule has 100 valence electrons. The van der Waals surface area contributed by atoms with Gasteiger partial charge in [-0.2, -0.15) is 0 Å². The van der Waals surface area contributed by atoms with E-state index >= 15 is 0 Å². The summed E-state index contributed by atoms with van der Waals surface area (Å²) in [6, 6.07) is 5.40. The van der Waals surface area contributed by atoms with Crippen LogP contribution in [0.25, 0.3) is 0 Å². The zero-order valence-electron chi connectivity index (χ0n) is 10.9. The summed E-state index contributed by atoms with van der Waals surface area (Å²) >= 11 is 0. The van der Waals surface area contributed by atoms with Gasteiger partial charge in [-0.05, 0) is 24.6 Å². The Morgan fingerprint density at radius 3 is 2.79 bits per heavy atom. The molecule has 0 bridgehead atoms. The largest absolute Gasteiger partial charge is 0.495 e. The van der Waals surface area contributed by atoms with E-state index in [-0.39, 0.29) is 5.82 Å². The van der Waals surface area contributed by atoms with Crippen LogP contribution < -0.4 is 15.7 Å². The van der Waals surface area contributed by atoms with Gasteiger partial charge in [-0.3, -0.25) is 9.78 Å². The zero-order chi connectivity index (χ0) is 14.0. The van der Waals surface area contributed by atoms with Gasteiger partial charge in [0.2, 0.25) is 5.82 Å². The van der Waals surface area contributed by atoms with E-state index in [9.17, 15) is 9.59 Å². The molecule has 2 rings (SSSR count). The van der Waals surface area contributed by atoms with Crippen LogP contribution in [0.15, 0.2) is 23.0 Å². The van der Waals surface area contributed by atoms with E-state index in [0.717, 1.165) is 10.2 Å². The topological polar surface area (TPSA) is 89.0 Å². The molecule has 0 aliphatic carbocycles. The molecule has 1 aromatic carbocycles. The number of amides is 1. The lowest BCUT2D eigenvalue weighted by atomic mass is 10.2. The third-order valence-electron chi connectivity index (χ3n) is 2.59. The number of anilines is 1. The van der Waals surface area contributed by atoms with Crippen LogP contribution in [0.1, 0.15) is 16.2 Å².